The Morgan fingerprint density at radius 3 is 2.29 bits per heavy atom. The molecular formula is C27H28ClF3N2O2. The Labute approximate surface area is 208 Å². The molecule has 0 atom stereocenters. The van der Waals surface area contributed by atoms with Gasteiger partial charge in [-0.25, -0.2) is 0 Å². The maximum atomic E-state index is 13.4. The number of carbonyl (C=O) groups excluding carboxylic acids is 1. The number of amides is 1. The fraction of sp³-hybridized carbons (Fsp3) is 0.296. The van der Waals surface area contributed by atoms with Crippen LogP contribution in [-0.4, -0.2) is 23.7 Å². The number of nitrogens with two attached hydrogens (primary N) is 1. The number of carbonyl (C=O) groups is 1. The minimum Gasteiger partial charge on any atom is -0.406 e. The molecule has 0 bridgehead atoms. The molecule has 0 radical (unpaired) electrons. The number of anilines is 1. The van der Waals surface area contributed by atoms with Crippen LogP contribution in [0.2, 0.25) is 5.02 Å². The molecule has 0 aliphatic rings. The van der Waals surface area contributed by atoms with Crippen molar-refractivity contribution < 1.29 is 22.7 Å². The zero-order valence-corrected chi connectivity index (χ0v) is 20.6. The highest BCUT2D eigenvalue weighted by atomic mass is 35.5. The zero-order chi connectivity index (χ0) is 25.8. The van der Waals surface area contributed by atoms with E-state index in [-0.39, 0.29) is 29.2 Å². The predicted octanol–water partition coefficient (Wildman–Crippen LogP) is 7.00. The smallest absolute Gasteiger partial charge is 0.406 e. The summed E-state index contributed by atoms with van der Waals surface area (Å²) in [7, 11) is 0. The van der Waals surface area contributed by atoms with Crippen molar-refractivity contribution in [2.24, 2.45) is 0 Å². The van der Waals surface area contributed by atoms with Crippen LogP contribution in [0, 0.1) is 0 Å². The molecule has 0 aliphatic carbocycles. The molecule has 3 rings (SSSR count). The van der Waals surface area contributed by atoms with Gasteiger partial charge in [0, 0.05) is 23.8 Å². The minimum absolute atomic E-state index is 0.00717. The normalized spacial score (nSPS) is 11.9. The summed E-state index contributed by atoms with van der Waals surface area (Å²) in [6, 6.07) is 18.4. The molecule has 0 unspecified atom stereocenters. The van der Waals surface area contributed by atoms with Gasteiger partial charge in [-0.15, -0.1) is 13.2 Å². The van der Waals surface area contributed by atoms with Gasteiger partial charge < -0.3 is 15.4 Å². The van der Waals surface area contributed by atoms with E-state index in [1.165, 1.54) is 29.8 Å². The first-order valence-electron chi connectivity index (χ1n) is 11.1. The molecule has 0 heterocycles. The van der Waals surface area contributed by atoms with Gasteiger partial charge in [0.05, 0.1) is 5.56 Å². The first-order valence-corrected chi connectivity index (χ1v) is 11.5. The lowest BCUT2D eigenvalue weighted by molar-refractivity contribution is -0.274. The highest BCUT2D eigenvalue weighted by Crippen LogP contribution is 2.26. The van der Waals surface area contributed by atoms with Gasteiger partial charge in [-0.2, -0.15) is 0 Å². The lowest BCUT2D eigenvalue weighted by Crippen LogP contribution is -2.33. The summed E-state index contributed by atoms with van der Waals surface area (Å²) in [5.41, 5.74) is 9.30. The average molecular weight is 505 g/mol. The van der Waals surface area contributed by atoms with Gasteiger partial charge in [-0.1, -0.05) is 68.8 Å². The molecule has 4 nitrogen and oxygen atoms in total. The van der Waals surface area contributed by atoms with E-state index < -0.39 is 6.36 Å². The molecule has 3 aromatic rings. The monoisotopic (exact) mass is 504 g/mol. The van der Waals surface area contributed by atoms with Crippen LogP contribution in [0.5, 0.6) is 5.75 Å². The molecule has 186 valence electrons. The quantitative estimate of drug-likeness (QED) is 0.352. The van der Waals surface area contributed by atoms with Crippen molar-refractivity contribution in [2.75, 3.05) is 12.3 Å². The van der Waals surface area contributed by atoms with Gasteiger partial charge in [0.15, 0.2) is 0 Å². The van der Waals surface area contributed by atoms with Gasteiger partial charge in [0.1, 0.15) is 5.75 Å². The van der Waals surface area contributed by atoms with E-state index in [2.05, 4.69) is 25.5 Å². The Bertz CT molecular complexity index is 1170. The molecule has 2 N–H and O–H groups in total. The highest BCUT2D eigenvalue weighted by molar-refractivity contribution is 6.31. The van der Waals surface area contributed by atoms with E-state index in [0.717, 1.165) is 5.56 Å². The van der Waals surface area contributed by atoms with Gasteiger partial charge in [-0.05, 0) is 58.9 Å². The van der Waals surface area contributed by atoms with Crippen molar-refractivity contribution >= 4 is 23.2 Å². The van der Waals surface area contributed by atoms with Gasteiger partial charge in [-0.3, -0.25) is 4.79 Å². The molecule has 8 heteroatoms. The molecule has 35 heavy (non-hydrogen) atoms. The molecule has 3 aromatic carbocycles. The van der Waals surface area contributed by atoms with Crippen molar-refractivity contribution in [3.8, 4) is 5.75 Å². The Morgan fingerprint density at radius 1 is 0.971 bits per heavy atom. The number of alkyl halides is 3. The lowest BCUT2D eigenvalue weighted by atomic mass is 9.87. The van der Waals surface area contributed by atoms with Crippen LogP contribution in [0.15, 0.2) is 66.7 Å². The second-order valence-electron chi connectivity index (χ2n) is 9.35. The third kappa shape index (κ3) is 7.65. The van der Waals surface area contributed by atoms with E-state index in [9.17, 15) is 18.0 Å². The molecule has 0 saturated carbocycles. The maximum Gasteiger partial charge on any atom is 0.573 e. The first kappa shape index (κ1) is 26.4. The van der Waals surface area contributed by atoms with E-state index in [4.69, 9.17) is 17.3 Å². The van der Waals surface area contributed by atoms with Crippen LogP contribution < -0.4 is 10.5 Å². The second-order valence-corrected chi connectivity index (χ2v) is 9.79. The van der Waals surface area contributed by atoms with Crippen LogP contribution >= 0.6 is 11.6 Å². The summed E-state index contributed by atoms with van der Waals surface area (Å²) in [6.07, 6.45) is -4.45. The summed E-state index contributed by atoms with van der Waals surface area (Å²) < 4.78 is 41.8. The van der Waals surface area contributed by atoms with Crippen molar-refractivity contribution in [1.29, 1.82) is 0 Å². The van der Waals surface area contributed by atoms with Crippen molar-refractivity contribution in [1.82, 2.24) is 4.90 Å². The summed E-state index contributed by atoms with van der Waals surface area (Å²) in [6.45, 7) is 6.92. The SMILES string of the molecule is CC(C)(C)c1ccc(CN(CCc2cccc(OC(F)(F)F)c2)C(=O)c2cc(Cl)ccc2N)cc1. The Kier molecular flexibility index (Phi) is 8.00. The Balaban J connectivity index is 1.84. The van der Waals surface area contributed by atoms with Gasteiger partial charge >= 0.3 is 6.36 Å². The van der Waals surface area contributed by atoms with E-state index >= 15 is 0 Å². The largest absolute Gasteiger partial charge is 0.573 e. The van der Waals surface area contributed by atoms with Gasteiger partial charge in [0.25, 0.3) is 5.91 Å². The van der Waals surface area contributed by atoms with Crippen LogP contribution in [0.3, 0.4) is 0 Å². The topological polar surface area (TPSA) is 55.6 Å². The number of benzene rings is 3. The van der Waals surface area contributed by atoms with Crippen LogP contribution in [0.25, 0.3) is 0 Å². The van der Waals surface area contributed by atoms with Crippen LogP contribution in [-0.2, 0) is 18.4 Å². The standard InChI is InChI=1S/C27H28ClF3N2O2/c1-26(2,3)20-9-7-19(8-10-20)17-33(25(34)23-16-21(28)11-12-24(23)32)14-13-18-5-4-6-22(15-18)35-27(29,30)31/h4-12,15-16H,13-14,17,32H2,1-3H3. The summed E-state index contributed by atoms with van der Waals surface area (Å²) in [4.78, 5) is 15.1. The molecule has 0 aliphatic heterocycles. The lowest BCUT2D eigenvalue weighted by Gasteiger charge is -2.25. The molecule has 0 saturated heterocycles. The molecule has 0 spiro atoms. The van der Waals surface area contributed by atoms with Crippen molar-refractivity contribution in [2.45, 2.75) is 45.5 Å². The van der Waals surface area contributed by atoms with Gasteiger partial charge in [0.2, 0.25) is 0 Å². The van der Waals surface area contributed by atoms with Crippen molar-refractivity contribution in [3.63, 3.8) is 0 Å². The van der Waals surface area contributed by atoms with E-state index in [0.29, 0.717) is 29.2 Å². The number of ether oxygens (including phenoxy) is 1. The Hall–Kier alpha value is -3.19. The number of rotatable bonds is 7. The van der Waals surface area contributed by atoms with E-state index in [1.54, 1.807) is 23.1 Å². The summed E-state index contributed by atoms with van der Waals surface area (Å²) in [5, 5.41) is 0.383. The molecular weight excluding hydrogens is 477 g/mol. The molecule has 0 aromatic heterocycles. The maximum absolute atomic E-state index is 13.4. The Morgan fingerprint density at radius 2 is 1.66 bits per heavy atom. The molecule has 0 fully saturated rings. The zero-order valence-electron chi connectivity index (χ0n) is 19.8. The first-order chi connectivity index (χ1) is 16.3. The fourth-order valence-corrected chi connectivity index (χ4v) is 3.80. The third-order valence-electron chi connectivity index (χ3n) is 5.53. The predicted molar refractivity (Wildman–Crippen MR) is 133 cm³/mol. The van der Waals surface area contributed by atoms with Crippen LogP contribution in [0.4, 0.5) is 18.9 Å². The average Bonchev–Trinajstić information content (AvgIpc) is 2.76. The number of nitrogens with zero attached hydrogens (tertiary/aromatic N) is 1. The number of nitrogen functional groups attached to an aromatic ring is 1. The summed E-state index contributed by atoms with van der Waals surface area (Å²) in [5.74, 6) is -0.614. The number of halogens is 4. The minimum atomic E-state index is -4.77. The number of hydrogen-bond acceptors (Lipinski definition) is 3. The number of hydrogen-bond donors (Lipinski definition) is 1. The third-order valence-corrected chi connectivity index (χ3v) is 5.76. The molecule has 1 amide bonds. The van der Waals surface area contributed by atoms with Crippen LogP contribution in [0.1, 0.15) is 47.8 Å². The fourth-order valence-electron chi connectivity index (χ4n) is 3.63. The summed E-state index contributed by atoms with van der Waals surface area (Å²) >= 11 is 6.10. The van der Waals surface area contributed by atoms with Crippen molar-refractivity contribution in [3.05, 3.63) is 94.0 Å². The van der Waals surface area contributed by atoms with E-state index in [1.807, 2.05) is 24.3 Å². The highest BCUT2D eigenvalue weighted by Gasteiger charge is 2.31. The second kappa shape index (κ2) is 10.6.